The molecule has 2 atom stereocenters. The van der Waals surface area contributed by atoms with Crippen LogP contribution in [0.4, 0.5) is 0 Å². The second-order valence-corrected chi connectivity index (χ2v) is 7.66. The summed E-state index contributed by atoms with van der Waals surface area (Å²) >= 11 is 1.30. The molecule has 2 unspecified atom stereocenters. The number of hydrogen-bond acceptors (Lipinski definition) is 4. The summed E-state index contributed by atoms with van der Waals surface area (Å²) in [4.78, 5) is 1.01. The Morgan fingerprint density at radius 1 is 1.39 bits per heavy atom. The third-order valence-electron chi connectivity index (χ3n) is 3.13. The molecule has 0 aromatic carbocycles. The van der Waals surface area contributed by atoms with Gasteiger partial charge < -0.3 is 5.73 Å². The molecule has 1 heterocycles. The first-order valence-electron chi connectivity index (χ1n) is 6.21. The molecule has 0 spiro atoms. The Kier molecular flexibility index (Phi) is 5.78. The summed E-state index contributed by atoms with van der Waals surface area (Å²) in [5.74, 6) is 0.322. The van der Waals surface area contributed by atoms with Gasteiger partial charge in [-0.3, -0.25) is 0 Å². The molecule has 0 saturated carbocycles. The first-order chi connectivity index (χ1) is 8.40. The van der Waals surface area contributed by atoms with Crippen molar-refractivity contribution in [2.24, 2.45) is 11.7 Å². The molecule has 104 valence electrons. The molecule has 3 N–H and O–H groups in total. The number of nitrogens with two attached hydrogens (primary N) is 1. The molecule has 0 radical (unpaired) electrons. The maximum atomic E-state index is 12.1. The summed E-state index contributed by atoms with van der Waals surface area (Å²) in [5, 5.41) is 0. The highest BCUT2D eigenvalue weighted by Gasteiger charge is 2.21. The van der Waals surface area contributed by atoms with Crippen molar-refractivity contribution in [2.75, 3.05) is 6.54 Å². The van der Waals surface area contributed by atoms with Gasteiger partial charge in [-0.1, -0.05) is 20.3 Å². The van der Waals surface area contributed by atoms with E-state index in [1.54, 1.807) is 6.07 Å². The monoisotopic (exact) mass is 290 g/mol. The Morgan fingerprint density at radius 3 is 2.61 bits per heavy atom. The Hall–Kier alpha value is -0.430. The van der Waals surface area contributed by atoms with Crippen molar-refractivity contribution >= 4 is 21.4 Å². The minimum Gasteiger partial charge on any atom is -0.330 e. The second kappa shape index (κ2) is 6.65. The summed E-state index contributed by atoms with van der Waals surface area (Å²) in [7, 11) is -3.38. The van der Waals surface area contributed by atoms with E-state index in [4.69, 9.17) is 5.73 Å². The second-order valence-electron chi connectivity index (χ2n) is 4.55. The van der Waals surface area contributed by atoms with E-state index in [1.807, 2.05) is 19.9 Å². The quantitative estimate of drug-likeness (QED) is 0.806. The highest BCUT2D eigenvalue weighted by Crippen LogP contribution is 2.22. The largest absolute Gasteiger partial charge is 0.330 e. The zero-order chi connectivity index (χ0) is 13.8. The first-order valence-corrected chi connectivity index (χ1v) is 8.51. The Balaban J connectivity index is 2.79. The zero-order valence-corrected chi connectivity index (χ0v) is 12.8. The Bertz CT molecular complexity index is 468. The zero-order valence-electron chi connectivity index (χ0n) is 11.1. The minimum absolute atomic E-state index is 0.0555. The van der Waals surface area contributed by atoms with E-state index in [9.17, 15) is 8.42 Å². The van der Waals surface area contributed by atoms with Gasteiger partial charge in [0.05, 0.1) is 0 Å². The highest BCUT2D eigenvalue weighted by molar-refractivity contribution is 7.91. The summed E-state index contributed by atoms with van der Waals surface area (Å²) in [6, 6.07) is 3.43. The fourth-order valence-corrected chi connectivity index (χ4v) is 4.29. The van der Waals surface area contributed by atoms with E-state index in [1.165, 1.54) is 11.3 Å². The molecule has 0 amide bonds. The number of rotatable bonds is 7. The van der Waals surface area contributed by atoms with E-state index in [0.717, 1.165) is 17.7 Å². The maximum absolute atomic E-state index is 12.1. The third-order valence-corrected chi connectivity index (χ3v) is 6.33. The van der Waals surface area contributed by atoms with Crippen LogP contribution >= 0.6 is 11.3 Å². The molecular weight excluding hydrogens is 268 g/mol. The Morgan fingerprint density at radius 2 is 2.06 bits per heavy atom. The van der Waals surface area contributed by atoms with Gasteiger partial charge in [0.1, 0.15) is 4.21 Å². The van der Waals surface area contributed by atoms with Crippen LogP contribution in [0.3, 0.4) is 0 Å². The van der Waals surface area contributed by atoms with Crippen molar-refractivity contribution in [3.8, 4) is 0 Å². The van der Waals surface area contributed by atoms with Crippen LogP contribution in [-0.2, 0) is 16.4 Å². The molecular formula is C12H22N2O2S2. The van der Waals surface area contributed by atoms with E-state index < -0.39 is 10.0 Å². The van der Waals surface area contributed by atoms with E-state index in [0.29, 0.717) is 16.7 Å². The average molecular weight is 290 g/mol. The van der Waals surface area contributed by atoms with Gasteiger partial charge in [0.2, 0.25) is 10.0 Å². The number of sulfonamides is 1. The summed E-state index contributed by atoms with van der Waals surface area (Å²) in [6.07, 6.45) is 1.67. The third kappa shape index (κ3) is 4.05. The fraction of sp³-hybridized carbons (Fsp3) is 0.667. The molecule has 0 aliphatic carbocycles. The first kappa shape index (κ1) is 15.6. The lowest BCUT2D eigenvalue weighted by Crippen LogP contribution is -2.36. The van der Waals surface area contributed by atoms with Crippen LogP contribution < -0.4 is 10.5 Å². The van der Waals surface area contributed by atoms with Crippen LogP contribution in [0.25, 0.3) is 0 Å². The molecule has 1 aromatic rings. The predicted octanol–water partition coefficient (Wildman–Crippen LogP) is 1.96. The number of nitrogens with one attached hydrogen (secondary N) is 1. The van der Waals surface area contributed by atoms with Gasteiger partial charge in [-0.05, 0) is 37.9 Å². The van der Waals surface area contributed by atoms with E-state index in [2.05, 4.69) is 11.6 Å². The molecule has 1 aromatic heterocycles. The standard InChI is InChI=1S/C12H22N2O2S2/c1-4-9(2)10(3)14-18(15,16)12-6-5-11(17-12)7-8-13/h5-6,9-10,14H,4,7-8,13H2,1-3H3. The van der Waals surface area contributed by atoms with Crippen molar-refractivity contribution in [1.29, 1.82) is 0 Å². The minimum atomic E-state index is -3.38. The fourth-order valence-electron chi connectivity index (χ4n) is 1.55. The van der Waals surface area contributed by atoms with Gasteiger partial charge in [0.25, 0.3) is 0 Å². The van der Waals surface area contributed by atoms with Crippen LogP contribution in [0.5, 0.6) is 0 Å². The lowest BCUT2D eigenvalue weighted by Gasteiger charge is -2.19. The lowest BCUT2D eigenvalue weighted by atomic mass is 10.0. The molecule has 0 fully saturated rings. The van der Waals surface area contributed by atoms with Crippen molar-refractivity contribution in [1.82, 2.24) is 4.72 Å². The molecule has 6 heteroatoms. The molecule has 1 rings (SSSR count). The summed E-state index contributed by atoms with van der Waals surface area (Å²) in [5.41, 5.74) is 5.46. The van der Waals surface area contributed by atoms with Gasteiger partial charge in [0.15, 0.2) is 0 Å². The van der Waals surface area contributed by atoms with Crippen LogP contribution in [-0.4, -0.2) is 21.0 Å². The van der Waals surface area contributed by atoms with Crippen LogP contribution in [0.2, 0.25) is 0 Å². The van der Waals surface area contributed by atoms with Gasteiger partial charge in [-0.25, -0.2) is 13.1 Å². The molecule has 0 saturated heterocycles. The van der Waals surface area contributed by atoms with Gasteiger partial charge in [-0.15, -0.1) is 11.3 Å². The SMILES string of the molecule is CCC(C)C(C)NS(=O)(=O)c1ccc(CCN)s1. The van der Waals surface area contributed by atoms with Crippen molar-refractivity contribution in [3.05, 3.63) is 17.0 Å². The smallest absolute Gasteiger partial charge is 0.250 e. The maximum Gasteiger partial charge on any atom is 0.250 e. The topological polar surface area (TPSA) is 72.2 Å². The van der Waals surface area contributed by atoms with Gasteiger partial charge >= 0.3 is 0 Å². The van der Waals surface area contributed by atoms with Crippen molar-refractivity contribution < 1.29 is 8.42 Å². The van der Waals surface area contributed by atoms with Crippen molar-refractivity contribution in [2.45, 2.75) is 43.9 Å². The van der Waals surface area contributed by atoms with E-state index >= 15 is 0 Å². The van der Waals surface area contributed by atoms with Crippen LogP contribution in [0, 0.1) is 5.92 Å². The molecule has 0 aliphatic rings. The highest BCUT2D eigenvalue weighted by atomic mass is 32.2. The summed E-state index contributed by atoms with van der Waals surface area (Å²) in [6.45, 7) is 6.54. The number of thiophene rings is 1. The molecule has 0 aliphatic heterocycles. The van der Waals surface area contributed by atoms with Crippen LogP contribution in [0.15, 0.2) is 16.3 Å². The van der Waals surface area contributed by atoms with E-state index in [-0.39, 0.29) is 6.04 Å². The lowest BCUT2D eigenvalue weighted by molar-refractivity contribution is 0.434. The normalized spacial score (nSPS) is 15.6. The molecule has 4 nitrogen and oxygen atoms in total. The van der Waals surface area contributed by atoms with Crippen molar-refractivity contribution in [3.63, 3.8) is 0 Å². The molecule has 18 heavy (non-hydrogen) atoms. The Labute approximate surface area is 114 Å². The average Bonchev–Trinajstić information content (AvgIpc) is 2.77. The van der Waals surface area contributed by atoms with Gasteiger partial charge in [0, 0.05) is 10.9 Å². The molecule has 0 bridgehead atoms. The summed E-state index contributed by atoms with van der Waals surface area (Å²) < 4.78 is 27.4. The predicted molar refractivity (Wildman–Crippen MR) is 76.3 cm³/mol. The number of hydrogen-bond donors (Lipinski definition) is 2. The van der Waals surface area contributed by atoms with Crippen LogP contribution in [0.1, 0.15) is 32.1 Å². The van der Waals surface area contributed by atoms with Gasteiger partial charge in [-0.2, -0.15) is 0 Å².